The van der Waals surface area contributed by atoms with Crippen molar-refractivity contribution in [3.05, 3.63) is 29.3 Å². The summed E-state index contributed by atoms with van der Waals surface area (Å²) in [5, 5.41) is 6.92. The smallest absolute Gasteiger partial charge is 0.321 e. The van der Waals surface area contributed by atoms with Gasteiger partial charge in [-0.2, -0.15) is 0 Å². The van der Waals surface area contributed by atoms with Gasteiger partial charge in [0, 0.05) is 29.8 Å². The second kappa shape index (κ2) is 6.07. The van der Waals surface area contributed by atoms with Gasteiger partial charge in [0.2, 0.25) is 0 Å². The van der Waals surface area contributed by atoms with Crippen LogP contribution in [0.5, 0.6) is 0 Å². The van der Waals surface area contributed by atoms with Gasteiger partial charge in [0.25, 0.3) is 0 Å². The predicted molar refractivity (Wildman–Crippen MR) is 74.1 cm³/mol. The lowest BCUT2D eigenvalue weighted by Crippen LogP contribution is -2.41. The number of anilines is 1. The molecule has 1 atom stereocenters. The first-order chi connectivity index (χ1) is 8.65. The Morgan fingerprint density at radius 2 is 2.17 bits per heavy atom. The van der Waals surface area contributed by atoms with E-state index < -0.39 is 0 Å². The molecule has 1 aromatic rings. The minimum Gasteiger partial charge on any atom is -0.323 e. The first-order valence-electron chi connectivity index (χ1n) is 6.20. The van der Waals surface area contributed by atoms with E-state index in [1.807, 2.05) is 4.90 Å². The molecule has 1 fully saturated rings. The van der Waals surface area contributed by atoms with Crippen LogP contribution in [0.15, 0.2) is 24.3 Å². The maximum atomic E-state index is 12.1. The molecule has 1 saturated heterocycles. The zero-order valence-corrected chi connectivity index (χ0v) is 11.2. The van der Waals surface area contributed by atoms with Crippen LogP contribution < -0.4 is 10.6 Å². The molecule has 0 saturated carbocycles. The molecule has 0 spiro atoms. The first kappa shape index (κ1) is 13.2. The summed E-state index contributed by atoms with van der Waals surface area (Å²) >= 11 is 5.81. The molecule has 0 bridgehead atoms. The number of amides is 2. The highest BCUT2D eigenvalue weighted by Gasteiger charge is 2.18. The van der Waals surface area contributed by atoms with E-state index >= 15 is 0 Å². The number of hydrogen-bond donors (Lipinski definition) is 2. The fourth-order valence-corrected chi connectivity index (χ4v) is 2.15. The number of hydrogen-bond acceptors (Lipinski definition) is 2. The standard InChI is InChI=1S/C13H18ClN3O/c1-10-9-17(8-2-7-15-10)13(18)16-12-5-3-11(14)4-6-12/h3-6,10,15H,2,7-9H2,1H3,(H,16,18). The summed E-state index contributed by atoms with van der Waals surface area (Å²) < 4.78 is 0. The molecule has 5 heteroatoms. The Hall–Kier alpha value is -1.26. The van der Waals surface area contributed by atoms with Gasteiger partial charge in [-0.15, -0.1) is 0 Å². The third-order valence-corrected chi connectivity index (χ3v) is 3.23. The molecule has 1 unspecified atom stereocenters. The second-order valence-electron chi connectivity index (χ2n) is 4.59. The lowest BCUT2D eigenvalue weighted by atomic mass is 10.3. The van der Waals surface area contributed by atoms with Crippen molar-refractivity contribution in [2.45, 2.75) is 19.4 Å². The topological polar surface area (TPSA) is 44.4 Å². The molecule has 2 amide bonds. The largest absolute Gasteiger partial charge is 0.323 e. The van der Waals surface area contributed by atoms with Crippen molar-refractivity contribution in [1.29, 1.82) is 0 Å². The minimum atomic E-state index is -0.0483. The molecule has 1 aliphatic rings. The van der Waals surface area contributed by atoms with E-state index in [1.165, 1.54) is 0 Å². The van der Waals surface area contributed by atoms with E-state index in [2.05, 4.69) is 17.6 Å². The van der Waals surface area contributed by atoms with E-state index in [4.69, 9.17) is 11.6 Å². The Balaban J connectivity index is 1.96. The first-order valence-corrected chi connectivity index (χ1v) is 6.58. The Morgan fingerprint density at radius 1 is 1.44 bits per heavy atom. The molecule has 1 aliphatic heterocycles. The van der Waals surface area contributed by atoms with E-state index in [1.54, 1.807) is 24.3 Å². The van der Waals surface area contributed by atoms with Gasteiger partial charge < -0.3 is 15.5 Å². The van der Waals surface area contributed by atoms with Gasteiger partial charge in [0.05, 0.1) is 0 Å². The molecule has 98 valence electrons. The van der Waals surface area contributed by atoms with Crippen LogP contribution >= 0.6 is 11.6 Å². The quantitative estimate of drug-likeness (QED) is 0.821. The van der Waals surface area contributed by atoms with Gasteiger partial charge in [-0.3, -0.25) is 0 Å². The Bertz CT molecular complexity index is 407. The van der Waals surface area contributed by atoms with Crippen LogP contribution in [0.25, 0.3) is 0 Å². The van der Waals surface area contributed by atoms with Gasteiger partial charge in [0.15, 0.2) is 0 Å². The lowest BCUT2D eigenvalue weighted by molar-refractivity contribution is 0.211. The van der Waals surface area contributed by atoms with Crippen molar-refractivity contribution in [3.63, 3.8) is 0 Å². The van der Waals surface area contributed by atoms with Crippen molar-refractivity contribution in [3.8, 4) is 0 Å². The van der Waals surface area contributed by atoms with Crippen LogP contribution in [0, 0.1) is 0 Å². The van der Waals surface area contributed by atoms with Gasteiger partial charge >= 0.3 is 6.03 Å². The number of nitrogens with one attached hydrogen (secondary N) is 2. The highest BCUT2D eigenvalue weighted by atomic mass is 35.5. The predicted octanol–water partition coefficient (Wildman–Crippen LogP) is 2.56. The van der Waals surface area contributed by atoms with Crippen LogP contribution in [0.1, 0.15) is 13.3 Å². The summed E-state index contributed by atoms with van der Waals surface area (Å²) in [6.07, 6.45) is 0.985. The van der Waals surface area contributed by atoms with Crippen molar-refractivity contribution in [2.75, 3.05) is 25.0 Å². The number of rotatable bonds is 1. The molecule has 0 aliphatic carbocycles. The Labute approximate surface area is 112 Å². The van der Waals surface area contributed by atoms with Gasteiger partial charge in [-0.25, -0.2) is 4.79 Å². The number of urea groups is 1. The Morgan fingerprint density at radius 3 is 2.89 bits per heavy atom. The minimum absolute atomic E-state index is 0.0483. The zero-order chi connectivity index (χ0) is 13.0. The molecule has 0 radical (unpaired) electrons. The molecule has 4 nitrogen and oxygen atoms in total. The van der Waals surface area contributed by atoms with Crippen molar-refractivity contribution in [2.24, 2.45) is 0 Å². The SMILES string of the molecule is CC1CN(C(=O)Nc2ccc(Cl)cc2)CCCN1. The molecule has 0 aromatic heterocycles. The molecule has 2 N–H and O–H groups in total. The van der Waals surface area contributed by atoms with E-state index in [0.717, 1.165) is 31.7 Å². The van der Waals surface area contributed by atoms with Crippen LogP contribution in [0.2, 0.25) is 5.02 Å². The number of halogens is 1. The number of benzene rings is 1. The van der Waals surface area contributed by atoms with Crippen LogP contribution in [0.4, 0.5) is 10.5 Å². The zero-order valence-electron chi connectivity index (χ0n) is 10.4. The van der Waals surface area contributed by atoms with Crippen LogP contribution in [-0.2, 0) is 0 Å². The summed E-state index contributed by atoms with van der Waals surface area (Å²) in [6, 6.07) is 7.43. The maximum Gasteiger partial charge on any atom is 0.321 e. The highest BCUT2D eigenvalue weighted by Crippen LogP contribution is 2.14. The van der Waals surface area contributed by atoms with Crippen molar-refractivity contribution < 1.29 is 4.79 Å². The summed E-state index contributed by atoms with van der Waals surface area (Å²) in [6.45, 7) is 4.58. The molecular formula is C13H18ClN3O. The fourth-order valence-electron chi connectivity index (χ4n) is 2.03. The summed E-state index contributed by atoms with van der Waals surface area (Å²) in [5.74, 6) is 0. The average Bonchev–Trinajstić information content (AvgIpc) is 2.57. The molecule has 18 heavy (non-hydrogen) atoms. The lowest BCUT2D eigenvalue weighted by Gasteiger charge is -2.23. The highest BCUT2D eigenvalue weighted by molar-refractivity contribution is 6.30. The monoisotopic (exact) mass is 267 g/mol. The third kappa shape index (κ3) is 3.62. The van der Waals surface area contributed by atoms with Gasteiger partial charge in [0.1, 0.15) is 0 Å². The van der Waals surface area contributed by atoms with Crippen LogP contribution in [0.3, 0.4) is 0 Å². The molecule has 1 aromatic carbocycles. The van der Waals surface area contributed by atoms with Crippen LogP contribution in [-0.4, -0.2) is 36.6 Å². The van der Waals surface area contributed by atoms with Gasteiger partial charge in [-0.1, -0.05) is 11.6 Å². The second-order valence-corrected chi connectivity index (χ2v) is 5.03. The van der Waals surface area contributed by atoms with Crippen molar-refractivity contribution >= 4 is 23.3 Å². The van der Waals surface area contributed by atoms with E-state index in [0.29, 0.717) is 11.1 Å². The summed E-state index contributed by atoms with van der Waals surface area (Å²) in [7, 11) is 0. The van der Waals surface area contributed by atoms with Gasteiger partial charge in [-0.05, 0) is 44.2 Å². The van der Waals surface area contributed by atoms with Crippen molar-refractivity contribution in [1.82, 2.24) is 10.2 Å². The molecular weight excluding hydrogens is 250 g/mol. The van der Waals surface area contributed by atoms with E-state index in [-0.39, 0.29) is 6.03 Å². The molecule has 2 rings (SSSR count). The summed E-state index contributed by atoms with van der Waals surface area (Å²) in [5.41, 5.74) is 0.772. The molecule has 1 heterocycles. The number of nitrogens with zero attached hydrogens (tertiary/aromatic N) is 1. The average molecular weight is 268 g/mol. The third-order valence-electron chi connectivity index (χ3n) is 2.97. The Kier molecular flexibility index (Phi) is 4.44. The normalized spacial score (nSPS) is 20.3. The summed E-state index contributed by atoms with van der Waals surface area (Å²) in [4.78, 5) is 14.0. The number of carbonyl (C=O) groups is 1. The maximum absolute atomic E-state index is 12.1. The fraction of sp³-hybridized carbons (Fsp3) is 0.462. The number of carbonyl (C=O) groups excluding carboxylic acids is 1. The van der Waals surface area contributed by atoms with E-state index in [9.17, 15) is 4.79 Å².